The maximum Gasteiger partial charge on any atom is 0.265 e. The molecule has 0 radical (unpaired) electrons. The Morgan fingerprint density at radius 2 is 1.87 bits per heavy atom. The monoisotopic (exact) mass is 434 g/mol. The lowest BCUT2D eigenvalue weighted by molar-refractivity contribution is -0.122. The van der Waals surface area contributed by atoms with E-state index < -0.39 is 0 Å². The molecule has 0 fully saturated rings. The summed E-state index contributed by atoms with van der Waals surface area (Å²) in [6.07, 6.45) is 2.88. The second-order valence-corrected chi connectivity index (χ2v) is 9.04. The number of aryl methyl sites for hydroxylation is 1. The van der Waals surface area contributed by atoms with Crippen molar-refractivity contribution in [1.82, 2.24) is 5.32 Å². The predicted octanol–water partition coefficient (Wildman–Crippen LogP) is 5.11. The van der Waals surface area contributed by atoms with E-state index in [2.05, 4.69) is 24.4 Å². The molecule has 0 saturated heterocycles. The lowest BCUT2D eigenvalue weighted by Gasteiger charge is -2.29. The molecule has 0 aliphatic carbocycles. The van der Waals surface area contributed by atoms with Crippen molar-refractivity contribution in [3.8, 4) is 0 Å². The van der Waals surface area contributed by atoms with Crippen LogP contribution >= 0.6 is 23.1 Å². The first-order valence-electron chi connectivity index (χ1n) is 9.82. The average molecular weight is 435 g/mol. The zero-order valence-electron chi connectivity index (χ0n) is 16.6. The van der Waals surface area contributed by atoms with Gasteiger partial charge in [0.1, 0.15) is 6.54 Å². The van der Waals surface area contributed by atoms with E-state index in [-0.39, 0.29) is 18.4 Å². The van der Waals surface area contributed by atoms with Crippen molar-refractivity contribution in [3.05, 3.63) is 87.0 Å². The van der Waals surface area contributed by atoms with E-state index in [4.69, 9.17) is 0 Å². The first kappa shape index (κ1) is 20.4. The van der Waals surface area contributed by atoms with Crippen LogP contribution in [-0.2, 0) is 22.6 Å². The Balaban J connectivity index is 1.56. The summed E-state index contributed by atoms with van der Waals surface area (Å²) in [6.45, 7) is 2.58. The van der Waals surface area contributed by atoms with Crippen molar-refractivity contribution in [2.45, 2.75) is 24.8 Å². The van der Waals surface area contributed by atoms with Crippen LogP contribution in [0.5, 0.6) is 0 Å². The predicted molar refractivity (Wildman–Crippen MR) is 125 cm³/mol. The van der Waals surface area contributed by atoms with E-state index in [1.807, 2.05) is 60.0 Å². The van der Waals surface area contributed by atoms with Crippen molar-refractivity contribution in [3.63, 3.8) is 0 Å². The maximum absolute atomic E-state index is 13.2. The van der Waals surface area contributed by atoms with Crippen LogP contribution in [0.15, 0.2) is 75.8 Å². The van der Waals surface area contributed by atoms with E-state index in [0.717, 1.165) is 27.4 Å². The Labute approximate surface area is 184 Å². The van der Waals surface area contributed by atoms with Crippen LogP contribution in [0.25, 0.3) is 6.08 Å². The highest BCUT2D eigenvalue weighted by Crippen LogP contribution is 2.41. The quantitative estimate of drug-likeness (QED) is 0.549. The first-order valence-corrected chi connectivity index (χ1v) is 11.5. The summed E-state index contributed by atoms with van der Waals surface area (Å²) in [5.41, 5.74) is 3.01. The molecule has 0 bridgehead atoms. The van der Waals surface area contributed by atoms with Crippen molar-refractivity contribution in [2.75, 3.05) is 11.4 Å². The van der Waals surface area contributed by atoms with Gasteiger partial charge in [-0.1, -0.05) is 61.2 Å². The topological polar surface area (TPSA) is 49.4 Å². The lowest BCUT2D eigenvalue weighted by atomic mass is 10.1. The van der Waals surface area contributed by atoms with Gasteiger partial charge in [0, 0.05) is 9.77 Å². The molecule has 1 aromatic heterocycles. The number of nitrogens with zero attached hydrogens (tertiary/aromatic N) is 1. The van der Waals surface area contributed by atoms with E-state index in [1.165, 1.54) is 17.3 Å². The van der Waals surface area contributed by atoms with E-state index in [0.29, 0.717) is 11.4 Å². The molecule has 1 N–H and O–H groups in total. The number of hydrogen-bond donors (Lipinski definition) is 1. The maximum atomic E-state index is 13.2. The second kappa shape index (κ2) is 9.32. The van der Waals surface area contributed by atoms with Gasteiger partial charge in [-0.05, 0) is 47.2 Å². The fourth-order valence-electron chi connectivity index (χ4n) is 3.22. The van der Waals surface area contributed by atoms with Gasteiger partial charge >= 0.3 is 0 Å². The average Bonchev–Trinajstić information content (AvgIpc) is 3.29. The molecule has 2 heterocycles. The number of hydrogen-bond acceptors (Lipinski definition) is 4. The summed E-state index contributed by atoms with van der Waals surface area (Å²) >= 11 is 3.05. The minimum Gasteiger partial charge on any atom is -0.350 e. The number of anilines is 1. The van der Waals surface area contributed by atoms with Gasteiger partial charge in [0.05, 0.1) is 17.1 Å². The third-order valence-corrected chi connectivity index (χ3v) is 6.81. The third kappa shape index (κ3) is 4.66. The largest absolute Gasteiger partial charge is 0.350 e. The summed E-state index contributed by atoms with van der Waals surface area (Å²) in [5, 5.41) is 4.89. The SMILES string of the molecule is CCc1ccc(/C=C2/Sc3ccccc3N(CC(=O)NCc3cccs3)C2=O)cc1. The molecule has 0 saturated carbocycles. The Kier molecular flexibility index (Phi) is 6.35. The number of para-hydroxylation sites is 1. The fraction of sp³-hybridized carbons (Fsp3) is 0.167. The minimum absolute atomic E-state index is 0.00606. The van der Waals surface area contributed by atoms with Gasteiger partial charge in [0.2, 0.25) is 5.91 Å². The standard InChI is InChI=1S/C24H22N2O2S2/c1-2-17-9-11-18(12-10-17)14-22-24(28)26(20-7-3-4-8-21(20)30-22)16-23(27)25-15-19-6-5-13-29-19/h3-14H,2,15-16H2,1H3,(H,25,27)/b22-14+. The van der Waals surface area contributed by atoms with Gasteiger partial charge in [0.15, 0.2) is 0 Å². The Bertz CT molecular complexity index is 1070. The second-order valence-electron chi connectivity index (χ2n) is 6.92. The third-order valence-electron chi connectivity index (χ3n) is 4.86. The first-order chi connectivity index (χ1) is 14.6. The minimum atomic E-state index is -0.176. The molecule has 0 atom stereocenters. The molecule has 3 aromatic rings. The lowest BCUT2D eigenvalue weighted by Crippen LogP contribution is -2.42. The molecule has 0 spiro atoms. The van der Waals surface area contributed by atoms with Crippen LogP contribution in [0.1, 0.15) is 22.9 Å². The van der Waals surface area contributed by atoms with E-state index in [9.17, 15) is 9.59 Å². The highest BCUT2D eigenvalue weighted by Gasteiger charge is 2.30. The molecule has 1 aliphatic heterocycles. The molecule has 152 valence electrons. The van der Waals surface area contributed by atoms with Crippen LogP contribution in [0.4, 0.5) is 5.69 Å². The zero-order chi connectivity index (χ0) is 20.9. The van der Waals surface area contributed by atoms with Gasteiger partial charge in [0.25, 0.3) is 5.91 Å². The van der Waals surface area contributed by atoms with Gasteiger partial charge < -0.3 is 5.32 Å². The molecule has 1 aliphatic rings. The highest BCUT2D eigenvalue weighted by atomic mass is 32.2. The van der Waals surface area contributed by atoms with Crippen molar-refractivity contribution < 1.29 is 9.59 Å². The molecule has 30 heavy (non-hydrogen) atoms. The smallest absolute Gasteiger partial charge is 0.265 e. The van der Waals surface area contributed by atoms with Crippen molar-refractivity contribution >= 4 is 46.7 Å². The number of thioether (sulfide) groups is 1. The molecule has 4 rings (SSSR count). The normalized spacial score (nSPS) is 14.6. The van der Waals surface area contributed by atoms with Crippen LogP contribution < -0.4 is 10.2 Å². The van der Waals surface area contributed by atoms with Crippen molar-refractivity contribution in [1.29, 1.82) is 0 Å². The number of carbonyl (C=O) groups excluding carboxylic acids is 2. The molecule has 4 nitrogen and oxygen atoms in total. The summed E-state index contributed by atoms with van der Waals surface area (Å²) in [7, 11) is 0. The number of benzene rings is 2. The molecular weight excluding hydrogens is 412 g/mol. The number of nitrogens with one attached hydrogen (secondary N) is 1. The summed E-state index contributed by atoms with van der Waals surface area (Å²) in [5.74, 6) is -0.324. The number of rotatable bonds is 6. The molecule has 2 amide bonds. The number of carbonyl (C=O) groups is 2. The Morgan fingerprint density at radius 3 is 2.60 bits per heavy atom. The molecule has 0 unspecified atom stereocenters. The Hall–Kier alpha value is -2.83. The Morgan fingerprint density at radius 1 is 1.07 bits per heavy atom. The number of fused-ring (bicyclic) bond motifs is 1. The van der Waals surface area contributed by atoms with Gasteiger partial charge in [-0.3, -0.25) is 14.5 Å². The molecule has 6 heteroatoms. The van der Waals surface area contributed by atoms with Crippen LogP contribution in [0.2, 0.25) is 0 Å². The van der Waals surface area contributed by atoms with Crippen molar-refractivity contribution in [2.24, 2.45) is 0 Å². The summed E-state index contributed by atoms with van der Waals surface area (Å²) in [4.78, 5) is 30.1. The van der Waals surface area contributed by atoms with E-state index >= 15 is 0 Å². The fourth-order valence-corrected chi connectivity index (χ4v) is 4.92. The molecule has 2 aromatic carbocycles. The van der Waals surface area contributed by atoms with Gasteiger partial charge in [-0.25, -0.2) is 0 Å². The van der Waals surface area contributed by atoms with Gasteiger partial charge in [-0.15, -0.1) is 11.3 Å². The zero-order valence-corrected chi connectivity index (χ0v) is 18.3. The number of thiophene rings is 1. The number of amides is 2. The summed E-state index contributed by atoms with van der Waals surface area (Å²) < 4.78 is 0. The van der Waals surface area contributed by atoms with Crippen LogP contribution in [-0.4, -0.2) is 18.4 Å². The molecular formula is C24H22N2O2S2. The van der Waals surface area contributed by atoms with Crippen LogP contribution in [0, 0.1) is 0 Å². The summed E-state index contributed by atoms with van der Waals surface area (Å²) in [6, 6.07) is 19.9. The van der Waals surface area contributed by atoms with E-state index in [1.54, 1.807) is 16.2 Å². The van der Waals surface area contributed by atoms with Crippen LogP contribution in [0.3, 0.4) is 0 Å². The van der Waals surface area contributed by atoms with Gasteiger partial charge in [-0.2, -0.15) is 0 Å². The highest BCUT2D eigenvalue weighted by molar-refractivity contribution is 8.04.